The van der Waals surface area contributed by atoms with Gasteiger partial charge in [-0.15, -0.1) is 0 Å². The zero-order valence-corrected chi connectivity index (χ0v) is 20.4. The molecule has 0 saturated carbocycles. The van der Waals surface area contributed by atoms with Crippen molar-refractivity contribution in [3.8, 4) is 11.5 Å². The monoisotopic (exact) mass is 471 g/mol. The molecule has 6 nitrogen and oxygen atoms in total. The van der Waals surface area contributed by atoms with E-state index in [1.54, 1.807) is 7.11 Å². The molecule has 1 fully saturated rings. The van der Waals surface area contributed by atoms with E-state index in [-0.39, 0.29) is 12.5 Å². The van der Waals surface area contributed by atoms with Crippen LogP contribution in [0.15, 0.2) is 78.9 Å². The summed E-state index contributed by atoms with van der Waals surface area (Å²) < 4.78 is 11.1. The van der Waals surface area contributed by atoms with Crippen LogP contribution in [0.3, 0.4) is 0 Å². The second-order valence-electron chi connectivity index (χ2n) is 8.54. The standard InChI is InChI=1S/C29H33N3O3/c1-3-7-23-10-15-27(28(20-23)34-2)35-22-29(33)30-25-11-13-26(14-12-25)32-18-16-31(17-19-32)21-24-8-5-4-6-9-24/h3-15,20H,16-19,21-22H2,1-2H3,(H,30,33)/b7-3+. The number of piperazine rings is 1. The van der Waals surface area contributed by atoms with Crippen molar-refractivity contribution in [1.29, 1.82) is 0 Å². The number of nitrogens with zero attached hydrogens (tertiary/aromatic N) is 2. The summed E-state index contributed by atoms with van der Waals surface area (Å²) >= 11 is 0. The average molecular weight is 472 g/mol. The van der Waals surface area contributed by atoms with Crippen LogP contribution in [0.5, 0.6) is 11.5 Å². The summed E-state index contributed by atoms with van der Waals surface area (Å²) in [5.41, 5.74) is 4.29. The minimum atomic E-state index is -0.216. The molecule has 1 amide bonds. The third-order valence-electron chi connectivity index (χ3n) is 6.04. The maximum absolute atomic E-state index is 12.4. The van der Waals surface area contributed by atoms with E-state index in [2.05, 4.69) is 57.6 Å². The zero-order chi connectivity index (χ0) is 24.5. The molecule has 0 unspecified atom stereocenters. The highest BCUT2D eigenvalue weighted by atomic mass is 16.5. The Kier molecular flexibility index (Phi) is 8.41. The number of amides is 1. The predicted octanol–water partition coefficient (Wildman–Crippen LogP) is 5.07. The van der Waals surface area contributed by atoms with Crippen LogP contribution in [0.25, 0.3) is 6.08 Å². The van der Waals surface area contributed by atoms with Crippen molar-refractivity contribution in [1.82, 2.24) is 4.90 Å². The van der Waals surface area contributed by atoms with Gasteiger partial charge in [0, 0.05) is 44.1 Å². The molecule has 3 aromatic carbocycles. The molecule has 1 N–H and O–H groups in total. The van der Waals surface area contributed by atoms with E-state index < -0.39 is 0 Å². The van der Waals surface area contributed by atoms with Crippen LogP contribution in [0.1, 0.15) is 18.1 Å². The Morgan fingerprint density at radius 2 is 1.69 bits per heavy atom. The van der Waals surface area contributed by atoms with Crippen molar-refractivity contribution in [3.63, 3.8) is 0 Å². The highest BCUT2D eigenvalue weighted by Crippen LogP contribution is 2.28. The van der Waals surface area contributed by atoms with Crippen LogP contribution < -0.4 is 19.7 Å². The summed E-state index contributed by atoms with van der Waals surface area (Å²) in [6.45, 7) is 6.90. The minimum absolute atomic E-state index is 0.0928. The lowest BCUT2D eigenvalue weighted by molar-refractivity contribution is -0.118. The highest BCUT2D eigenvalue weighted by Gasteiger charge is 2.17. The molecule has 0 atom stereocenters. The normalized spacial score (nSPS) is 14.2. The molecule has 1 saturated heterocycles. The van der Waals surface area contributed by atoms with Crippen molar-refractivity contribution in [3.05, 3.63) is 90.0 Å². The molecular weight excluding hydrogens is 438 g/mol. The molecule has 1 aliphatic rings. The first-order valence-electron chi connectivity index (χ1n) is 12.0. The van der Waals surface area contributed by atoms with Gasteiger partial charge in [-0.25, -0.2) is 0 Å². The van der Waals surface area contributed by atoms with Crippen molar-refractivity contribution in [2.75, 3.05) is 50.1 Å². The van der Waals surface area contributed by atoms with E-state index >= 15 is 0 Å². The largest absolute Gasteiger partial charge is 0.493 e. The Labute approximate surface area is 207 Å². The first-order valence-corrected chi connectivity index (χ1v) is 12.0. The van der Waals surface area contributed by atoms with Gasteiger partial charge in [-0.05, 0) is 54.4 Å². The van der Waals surface area contributed by atoms with Crippen molar-refractivity contribution >= 4 is 23.4 Å². The molecular formula is C29H33N3O3. The number of nitrogens with one attached hydrogen (secondary N) is 1. The molecule has 3 aromatic rings. The lowest BCUT2D eigenvalue weighted by Gasteiger charge is -2.36. The first-order chi connectivity index (χ1) is 17.1. The number of carbonyl (C=O) groups is 1. The molecule has 0 spiro atoms. The Balaban J connectivity index is 1.24. The third kappa shape index (κ3) is 6.87. The second-order valence-corrected chi connectivity index (χ2v) is 8.54. The van der Waals surface area contributed by atoms with Crippen LogP contribution in [0, 0.1) is 0 Å². The third-order valence-corrected chi connectivity index (χ3v) is 6.04. The molecule has 1 aliphatic heterocycles. The van der Waals surface area contributed by atoms with Crippen molar-refractivity contribution in [2.24, 2.45) is 0 Å². The van der Waals surface area contributed by atoms with E-state index in [0.29, 0.717) is 11.5 Å². The topological polar surface area (TPSA) is 54.0 Å². The van der Waals surface area contributed by atoms with Gasteiger partial charge in [0.15, 0.2) is 18.1 Å². The average Bonchev–Trinajstić information content (AvgIpc) is 2.89. The molecule has 0 aromatic heterocycles. The van der Waals surface area contributed by atoms with E-state index in [1.807, 2.05) is 49.4 Å². The Hall–Kier alpha value is -3.77. The van der Waals surface area contributed by atoms with Gasteiger partial charge in [0.1, 0.15) is 0 Å². The SMILES string of the molecule is C/C=C/c1ccc(OCC(=O)Nc2ccc(N3CCN(Cc4ccccc4)CC3)cc2)c(OC)c1. The quantitative estimate of drug-likeness (QED) is 0.472. The summed E-state index contributed by atoms with van der Waals surface area (Å²) in [6, 6.07) is 24.2. The van der Waals surface area contributed by atoms with Gasteiger partial charge in [-0.3, -0.25) is 9.69 Å². The van der Waals surface area contributed by atoms with Gasteiger partial charge in [-0.2, -0.15) is 0 Å². The molecule has 1 heterocycles. The van der Waals surface area contributed by atoms with Crippen LogP contribution in [-0.4, -0.2) is 50.7 Å². The number of ether oxygens (including phenoxy) is 2. The lowest BCUT2D eigenvalue weighted by atomic mass is 10.2. The summed E-state index contributed by atoms with van der Waals surface area (Å²) in [4.78, 5) is 17.3. The zero-order valence-electron chi connectivity index (χ0n) is 20.4. The second kappa shape index (κ2) is 12.1. The van der Waals surface area contributed by atoms with Crippen molar-refractivity contribution < 1.29 is 14.3 Å². The molecule has 6 heteroatoms. The number of allylic oxidation sites excluding steroid dienone is 1. The molecule has 182 valence electrons. The van der Waals surface area contributed by atoms with Gasteiger partial charge >= 0.3 is 0 Å². The number of anilines is 2. The van der Waals surface area contributed by atoms with Gasteiger partial charge < -0.3 is 19.7 Å². The maximum Gasteiger partial charge on any atom is 0.262 e. The number of carbonyl (C=O) groups excluding carboxylic acids is 1. The fourth-order valence-electron chi connectivity index (χ4n) is 4.20. The maximum atomic E-state index is 12.4. The number of methoxy groups -OCH3 is 1. The fourth-order valence-corrected chi connectivity index (χ4v) is 4.20. The molecule has 0 aliphatic carbocycles. The molecule has 0 bridgehead atoms. The number of rotatable bonds is 9. The Morgan fingerprint density at radius 3 is 2.37 bits per heavy atom. The van der Waals surface area contributed by atoms with E-state index in [1.165, 1.54) is 11.3 Å². The van der Waals surface area contributed by atoms with Crippen molar-refractivity contribution in [2.45, 2.75) is 13.5 Å². The van der Waals surface area contributed by atoms with E-state index in [4.69, 9.17) is 9.47 Å². The molecule has 35 heavy (non-hydrogen) atoms. The molecule has 4 rings (SSSR count). The fraction of sp³-hybridized carbons (Fsp3) is 0.276. The first kappa shape index (κ1) is 24.4. The van der Waals surface area contributed by atoms with Crippen LogP contribution in [0.2, 0.25) is 0 Å². The van der Waals surface area contributed by atoms with Gasteiger partial charge in [0.2, 0.25) is 0 Å². The van der Waals surface area contributed by atoms with Crippen LogP contribution in [-0.2, 0) is 11.3 Å². The summed E-state index contributed by atoms with van der Waals surface area (Å²) in [6.07, 6.45) is 3.94. The van der Waals surface area contributed by atoms with Crippen LogP contribution in [0.4, 0.5) is 11.4 Å². The van der Waals surface area contributed by atoms with E-state index in [0.717, 1.165) is 44.0 Å². The Bertz CT molecular complexity index is 1120. The smallest absolute Gasteiger partial charge is 0.262 e. The van der Waals surface area contributed by atoms with Gasteiger partial charge in [-0.1, -0.05) is 48.6 Å². The van der Waals surface area contributed by atoms with E-state index in [9.17, 15) is 4.79 Å². The minimum Gasteiger partial charge on any atom is -0.493 e. The molecule has 0 radical (unpaired) electrons. The lowest BCUT2D eigenvalue weighted by Crippen LogP contribution is -2.45. The number of hydrogen-bond donors (Lipinski definition) is 1. The predicted molar refractivity (Wildman–Crippen MR) is 142 cm³/mol. The summed E-state index contributed by atoms with van der Waals surface area (Å²) in [5, 5.41) is 2.90. The van der Waals surface area contributed by atoms with Gasteiger partial charge in [0.25, 0.3) is 5.91 Å². The van der Waals surface area contributed by atoms with Crippen LogP contribution >= 0.6 is 0 Å². The summed E-state index contributed by atoms with van der Waals surface area (Å²) in [7, 11) is 1.59. The van der Waals surface area contributed by atoms with Gasteiger partial charge in [0.05, 0.1) is 7.11 Å². The Morgan fingerprint density at radius 1 is 0.943 bits per heavy atom. The summed E-state index contributed by atoms with van der Waals surface area (Å²) in [5.74, 6) is 0.922. The number of hydrogen-bond acceptors (Lipinski definition) is 5. The highest BCUT2D eigenvalue weighted by molar-refractivity contribution is 5.92. The number of benzene rings is 3.